The van der Waals surface area contributed by atoms with Gasteiger partial charge in [0.25, 0.3) is 0 Å². The Morgan fingerprint density at radius 1 is 0.714 bits per heavy atom. The van der Waals surface area contributed by atoms with E-state index < -0.39 is 0 Å². The first-order valence-corrected chi connectivity index (χ1v) is 10.8. The van der Waals surface area contributed by atoms with Gasteiger partial charge in [-0.25, -0.2) is 0 Å². The quantitative estimate of drug-likeness (QED) is 0.244. The highest BCUT2D eigenvalue weighted by Gasteiger charge is 2.23. The summed E-state index contributed by atoms with van der Waals surface area (Å²) in [6.07, 6.45) is 4.22. The highest BCUT2D eigenvalue weighted by atomic mass is 79.9. The molecular formula is C23H15Br2ClN2. The first-order chi connectivity index (χ1) is 13.6. The lowest BCUT2D eigenvalue weighted by molar-refractivity contribution is 0.998. The molecular weight excluding hydrogens is 500 g/mol. The highest BCUT2D eigenvalue weighted by molar-refractivity contribution is 9.10. The number of nitrogens with one attached hydrogen (secondary N) is 2. The molecule has 0 radical (unpaired) electrons. The summed E-state index contributed by atoms with van der Waals surface area (Å²) in [7, 11) is 0. The van der Waals surface area contributed by atoms with Crippen LogP contribution in [0.4, 0.5) is 0 Å². The van der Waals surface area contributed by atoms with Crippen molar-refractivity contribution >= 4 is 65.3 Å². The van der Waals surface area contributed by atoms with E-state index in [2.05, 4.69) is 103 Å². The monoisotopic (exact) mass is 512 g/mol. The van der Waals surface area contributed by atoms with E-state index in [1.165, 1.54) is 21.9 Å². The second-order valence-corrected chi connectivity index (χ2v) is 9.12. The second-order valence-electron chi connectivity index (χ2n) is 6.86. The zero-order chi connectivity index (χ0) is 19.3. The minimum Gasteiger partial charge on any atom is -0.361 e. The molecule has 28 heavy (non-hydrogen) atoms. The fourth-order valence-electron chi connectivity index (χ4n) is 3.92. The molecule has 2 aromatic heterocycles. The van der Waals surface area contributed by atoms with Crippen molar-refractivity contribution < 1.29 is 0 Å². The van der Waals surface area contributed by atoms with Crippen LogP contribution in [0.15, 0.2) is 82.0 Å². The zero-order valence-electron chi connectivity index (χ0n) is 14.6. The maximum Gasteiger partial charge on any atom is 0.0457 e. The van der Waals surface area contributed by atoms with Gasteiger partial charge < -0.3 is 9.97 Å². The Kier molecular flexibility index (Phi) is 4.58. The summed E-state index contributed by atoms with van der Waals surface area (Å²) in [6.45, 7) is 0. The average Bonchev–Trinajstić information content (AvgIpc) is 3.27. The van der Waals surface area contributed by atoms with Crippen LogP contribution in [0.25, 0.3) is 21.8 Å². The Labute approximate surface area is 184 Å². The molecule has 0 amide bonds. The molecule has 0 saturated heterocycles. The van der Waals surface area contributed by atoms with Crippen LogP contribution in [0.3, 0.4) is 0 Å². The Balaban J connectivity index is 1.82. The van der Waals surface area contributed by atoms with Crippen LogP contribution >= 0.6 is 43.5 Å². The van der Waals surface area contributed by atoms with Gasteiger partial charge >= 0.3 is 0 Å². The molecule has 0 bridgehead atoms. The molecule has 5 heteroatoms. The van der Waals surface area contributed by atoms with Gasteiger partial charge in [-0.1, -0.05) is 55.6 Å². The molecule has 138 valence electrons. The van der Waals surface area contributed by atoms with Crippen molar-refractivity contribution in [2.45, 2.75) is 5.92 Å². The molecule has 0 aliphatic heterocycles. The van der Waals surface area contributed by atoms with E-state index >= 15 is 0 Å². The maximum absolute atomic E-state index is 6.37. The van der Waals surface area contributed by atoms with Gasteiger partial charge in [-0.3, -0.25) is 0 Å². The largest absolute Gasteiger partial charge is 0.361 e. The summed E-state index contributed by atoms with van der Waals surface area (Å²) in [6, 6.07) is 20.8. The number of halogens is 3. The second kappa shape index (κ2) is 7.11. The summed E-state index contributed by atoms with van der Waals surface area (Å²) in [4.78, 5) is 6.86. The lowest BCUT2D eigenvalue weighted by Crippen LogP contribution is -2.02. The number of aromatic amines is 2. The molecule has 3 aromatic carbocycles. The van der Waals surface area contributed by atoms with Gasteiger partial charge in [0.05, 0.1) is 0 Å². The SMILES string of the molecule is Clc1cccc(C(c2c[nH]c3ccc(Br)cc23)c2c[nH]c3ccc(Br)cc23)c1. The minimum atomic E-state index is 0.0461. The van der Waals surface area contributed by atoms with Crippen LogP contribution in [0.2, 0.25) is 5.02 Å². The summed E-state index contributed by atoms with van der Waals surface area (Å²) < 4.78 is 2.12. The third-order valence-corrected chi connectivity index (χ3v) is 6.38. The van der Waals surface area contributed by atoms with Gasteiger partial charge in [0.15, 0.2) is 0 Å². The van der Waals surface area contributed by atoms with E-state index in [0.29, 0.717) is 0 Å². The van der Waals surface area contributed by atoms with Crippen molar-refractivity contribution in [3.05, 3.63) is 104 Å². The molecule has 2 N–H and O–H groups in total. The van der Waals surface area contributed by atoms with E-state index in [-0.39, 0.29) is 5.92 Å². The topological polar surface area (TPSA) is 31.6 Å². The maximum atomic E-state index is 6.37. The number of rotatable bonds is 3. The van der Waals surface area contributed by atoms with Crippen LogP contribution in [-0.4, -0.2) is 9.97 Å². The molecule has 5 aromatic rings. The predicted molar refractivity (Wildman–Crippen MR) is 124 cm³/mol. The third-order valence-electron chi connectivity index (χ3n) is 5.16. The molecule has 0 aliphatic carbocycles. The molecule has 0 unspecified atom stereocenters. The van der Waals surface area contributed by atoms with Gasteiger partial charge in [0, 0.05) is 54.1 Å². The summed E-state index contributed by atoms with van der Waals surface area (Å²) >= 11 is 13.6. The van der Waals surface area contributed by atoms with E-state index in [1.807, 2.05) is 12.1 Å². The normalized spacial score (nSPS) is 11.7. The van der Waals surface area contributed by atoms with Crippen molar-refractivity contribution in [3.63, 3.8) is 0 Å². The molecule has 5 rings (SSSR count). The van der Waals surface area contributed by atoms with Crippen LogP contribution in [0.5, 0.6) is 0 Å². The first-order valence-electron chi connectivity index (χ1n) is 8.89. The molecule has 0 saturated carbocycles. The Morgan fingerprint density at radius 3 is 1.82 bits per heavy atom. The van der Waals surface area contributed by atoms with Gasteiger partial charge in [0.2, 0.25) is 0 Å². The summed E-state index contributed by atoms with van der Waals surface area (Å²) in [5.41, 5.74) is 5.84. The Bertz CT molecular complexity index is 1240. The Hall–Kier alpha value is -2.01. The zero-order valence-corrected chi connectivity index (χ0v) is 18.6. The number of H-pyrrole nitrogens is 2. The Morgan fingerprint density at radius 2 is 1.29 bits per heavy atom. The minimum absolute atomic E-state index is 0.0461. The van der Waals surface area contributed by atoms with E-state index in [0.717, 1.165) is 30.6 Å². The van der Waals surface area contributed by atoms with Crippen LogP contribution in [0.1, 0.15) is 22.6 Å². The smallest absolute Gasteiger partial charge is 0.0457 e. The molecule has 0 fully saturated rings. The van der Waals surface area contributed by atoms with Crippen molar-refractivity contribution in [1.29, 1.82) is 0 Å². The third kappa shape index (κ3) is 3.10. The molecule has 2 nitrogen and oxygen atoms in total. The van der Waals surface area contributed by atoms with Gasteiger partial charge in [-0.15, -0.1) is 0 Å². The standard InChI is InChI=1S/C23H15Br2ClN2/c24-14-4-6-21-17(9-14)19(11-27-21)23(13-2-1-3-16(26)8-13)20-12-28-22-7-5-15(25)10-18(20)22/h1-12,23,27-28H. The first kappa shape index (κ1) is 18.0. The van der Waals surface area contributed by atoms with Crippen molar-refractivity contribution in [2.75, 3.05) is 0 Å². The highest BCUT2D eigenvalue weighted by Crippen LogP contribution is 2.41. The molecule has 0 spiro atoms. The molecule has 0 aliphatic rings. The summed E-state index contributed by atoms with van der Waals surface area (Å²) in [5, 5.41) is 3.14. The lowest BCUT2D eigenvalue weighted by atomic mass is 9.85. The van der Waals surface area contributed by atoms with E-state index in [1.54, 1.807) is 0 Å². The van der Waals surface area contributed by atoms with E-state index in [4.69, 9.17) is 11.6 Å². The van der Waals surface area contributed by atoms with Crippen molar-refractivity contribution in [3.8, 4) is 0 Å². The van der Waals surface area contributed by atoms with Crippen LogP contribution in [0, 0.1) is 0 Å². The number of aromatic nitrogens is 2. The fraction of sp³-hybridized carbons (Fsp3) is 0.0435. The number of benzene rings is 3. The number of fused-ring (bicyclic) bond motifs is 2. The number of hydrogen-bond donors (Lipinski definition) is 2. The van der Waals surface area contributed by atoms with E-state index in [9.17, 15) is 0 Å². The van der Waals surface area contributed by atoms with Crippen LogP contribution in [-0.2, 0) is 0 Å². The van der Waals surface area contributed by atoms with Crippen molar-refractivity contribution in [1.82, 2.24) is 9.97 Å². The van der Waals surface area contributed by atoms with Gasteiger partial charge in [-0.05, 0) is 65.2 Å². The average molecular weight is 515 g/mol. The fourth-order valence-corrected chi connectivity index (χ4v) is 4.84. The summed E-state index contributed by atoms with van der Waals surface area (Å²) in [5.74, 6) is 0.0461. The number of hydrogen-bond acceptors (Lipinski definition) is 0. The lowest BCUT2D eigenvalue weighted by Gasteiger charge is -2.18. The predicted octanol–water partition coefficient (Wildman–Crippen LogP) is 8.01. The van der Waals surface area contributed by atoms with Crippen LogP contribution < -0.4 is 0 Å². The molecule has 0 atom stereocenters. The van der Waals surface area contributed by atoms with Crippen molar-refractivity contribution in [2.24, 2.45) is 0 Å². The molecule has 2 heterocycles. The van der Waals surface area contributed by atoms with Gasteiger partial charge in [0.1, 0.15) is 0 Å². The van der Waals surface area contributed by atoms with Gasteiger partial charge in [-0.2, -0.15) is 0 Å².